The number of nitrogens with one attached hydrogen (secondary N) is 1. The average Bonchev–Trinajstić information content (AvgIpc) is 2.82. The summed E-state index contributed by atoms with van der Waals surface area (Å²) in [6.07, 6.45) is -0.974. The minimum atomic E-state index is -0.974. The average molecular weight is 290 g/mol. The topological polar surface area (TPSA) is 68.3 Å². The van der Waals surface area contributed by atoms with Crippen molar-refractivity contribution < 1.29 is 14.3 Å². The molecule has 0 aliphatic rings. The van der Waals surface area contributed by atoms with Gasteiger partial charge in [-0.3, -0.25) is 14.9 Å². The molecule has 1 aromatic heterocycles. The number of thiazole rings is 1. The highest BCUT2D eigenvalue weighted by molar-refractivity contribution is 7.13. The van der Waals surface area contributed by atoms with Gasteiger partial charge in [0.25, 0.3) is 5.91 Å². The molecule has 1 aromatic carbocycles. The van der Waals surface area contributed by atoms with Crippen molar-refractivity contribution in [3.63, 3.8) is 0 Å². The van der Waals surface area contributed by atoms with Gasteiger partial charge in [-0.15, -0.1) is 11.3 Å². The van der Waals surface area contributed by atoms with Gasteiger partial charge in [-0.25, -0.2) is 4.98 Å². The number of amides is 1. The van der Waals surface area contributed by atoms with Crippen molar-refractivity contribution in [2.75, 3.05) is 5.32 Å². The number of carbonyl (C=O) groups is 2. The van der Waals surface area contributed by atoms with Gasteiger partial charge in [0.15, 0.2) is 5.13 Å². The fourth-order valence-electron chi connectivity index (χ4n) is 1.65. The molecule has 1 atom stereocenters. The summed E-state index contributed by atoms with van der Waals surface area (Å²) in [5.41, 5.74) is 1.45. The molecule has 0 spiro atoms. The van der Waals surface area contributed by atoms with E-state index >= 15 is 0 Å². The molecule has 0 fully saturated rings. The number of aromatic nitrogens is 1. The highest BCUT2D eigenvalue weighted by Crippen LogP contribution is 2.21. The number of anilines is 1. The van der Waals surface area contributed by atoms with Crippen LogP contribution in [0.25, 0.3) is 0 Å². The number of aryl methyl sites for hydroxylation is 1. The van der Waals surface area contributed by atoms with E-state index in [0.29, 0.717) is 10.7 Å². The summed E-state index contributed by atoms with van der Waals surface area (Å²) >= 11 is 1.33. The van der Waals surface area contributed by atoms with Gasteiger partial charge in [0.05, 0.1) is 5.69 Å². The molecule has 1 N–H and O–H groups in total. The highest BCUT2D eigenvalue weighted by atomic mass is 32.1. The number of esters is 1. The van der Waals surface area contributed by atoms with Gasteiger partial charge >= 0.3 is 5.97 Å². The monoisotopic (exact) mass is 290 g/mol. The molecular weight excluding hydrogens is 276 g/mol. The van der Waals surface area contributed by atoms with Crippen LogP contribution in [0.4, 0.5) is 5.13 Å². The Morgan fingerprint density at radius 2 is 2.00 bits per heavy atom. The van der Waals surface area contributed by atoms with Crippen molar-refractivity contribution >= 4 is 28.3 Å². The van der Waals surface area contributed by atoms with E-state index in [0.717, 1.165) is 5.69 Å². The molecule has 0 bridgehead atoms. The Balaban J connectivity index is 2.18. The normalized spacial score (nSPS) is 11.7. The highest BCUT2D eigenvalue weighted by Gasteiger charge is 2.24. The molecule has 0 radical (unpaired) electrons. The maximum atomic E-state index is 12.2. The molecule has 2 rings (SSSR count). The first-order chi connectivity index (χ1) is 9.56. The summed E-state index contributed by atoms with van der Waals surface area (Å²) in [4.78, 5) is 27.6. The SMILES string of the molecule is CC(=O)OC(C(=O)Nc1nc(C)cs1)c1ccccc1. The van der Waals surface area contributed by atoms with Gasteiger partial charge in [-0.1, -0.05) is 30.3 Å². The lowest BCUT2D eigenvalue weighted by molar-refractivity contribution is -0.152. The Kier molecular flexibility index (Phi) is 4.47. The number of rotatable bonds is 4. The van der Waals surface area contributed by atoms with Gasteiger partial charge in [-0.05, 0) is 6.92 Å². The second-order valence-corrected chi connectivity index (χ2v) is 5.04. The van der Waals surface area contributed by atoms with Crippen molar-refractivity contribution in [3.8, 4) is 0 Å². The Morgan fingerprint density at radius 1 is 1.30 bits per heavy atom. The van der Waals surface area contributed by atoms with E-state index in [4.69, 9.17) is 4.74 Å². The Bertz CT molecular complexity index is 610. The van der Waals surface area contributed by atoms with Crippen LogP contribution in [-0.4, -0.2) is 16.9 Å². The van der Waals surface area contributed by atoms with Crippen LogP contribution in [0, 0.1) is 6.92 Å². The summed E-state index contributed by atoms with van der Waals surface area (Å²) in [5, 5.41) is 4.98. The maximum absolute atomic E-state index is 12.2. The standard InChI is InChI=1S/C14H14N2O3S/c1-9-8-20-14(15-9)16-13(18)12(19-10(2)17)11-6-4-3-5-7-11/h3-8,12H,1-2H3,(H,15,16,18). The first kappa shape index (κ1) is 14.2. The van der Waals surface area contributed by atoms with Crippen LogP contribution in [-0.2, 0) is 14.3 Å². The van der Waals surface area contributed by atoms with Gasteiger partial charge in [0.2, 0.25) is 6.10 Å². The molecule has 0 aliphatic carbocycles. The third kappa shape index (κ3) is 3.64. The van der Waals surface area contributed by atoms with E-state index in [9.17, 15) is 9.59 Å². The van der Waals surface area contributed by atoms with Gasteiger partial charge in [0, 0.05) is 17.9 Å². The zero-order chi connectivity index (χ0) is 14.5. The summed E-state index contributed by atoms with van der Waals surface area (Å²) in [6.45, 7) is 3.11. The second kappa shape index (κ2) is 6.29. The van der Waals surface area contributed by atoms with E-state index in [1.165, 1.54) is 18.3 Å². The molecule has 2 aromatic rings. The van der Waals surface area contributed by atoms with Gasteiger partial charge in [0.1, 0.15) is 0 Å². The summed E-state index contributed by atoms with van der Waals surface area (Å²) in [7, 11) is 0. The smallest absolute Gasteiger partial charge is 0.303 e. The summed E-state index contributed by atoms with van der Waals surface area (Å²) < 4.78 is 5.10. The number of benzene rings is 1. The number of hydrogen-bond acceptors (Lipinski definition) is 5. The molecule has 0 aliphatic heterocycles. The van der Waals surface area contributed by atoms with E-state index < -0.39 is 18.0 Å². The zero-order valence-electron chi connectivity index (χ0n) is 11.1. The fourth-order valence-corrected chi connectivity index (χ4v) is 2.34. The maximum Gasteiger partial charge on any atom is 0.303 e. The second-order valence-electron chi connectivity index (χ2n) is 4.18. The third-order valence-corrected chi connectivity index (χ3v) is 3.35. The Hall–Kier alpha value is -2.21. The predicted molar refractivity (Wildman–Crippen MR) is 76.4 cm³/mol. The van der Waals surface area contributed by atoms with Gasteiger partial charge < -0.3 is 4.74 Å². The van der Waals surface area contributed by atoms with Crippen LogP contribution in [0.15, 0.2) is 35.7 Å². The van der Waals surface area contributed by atoms with E-state index in [1.54, 1.807) is 24.3 Å². The number of nitrogens with zero attached hydrogens (tertiary/aromatic N) is 1. The van der Waals surface area contributed by atoms with Crippen LogP contribution >= 0.6 is 11.3 Å². The number of hydrogen-bond donors (Lipinski definition) is 1. The van der Waals surface area contributed by atoms with Crippen molar-refractivity contribution in [3.05, 3.63) is 47.0 Å². The lowest BCUT2D eigenvalue weighted by Crippen LogP contribution is -2.25. The van der Waals surface area contributed by atoms with Crippen LogP contribution in [0.1, 0.15) is 24.3 Å². The molecule has 0 saturated heterocycles. The van der Waals surface area contributed by atoms with E-state index in [-0.39, 0.29) is 0 Å². The lowest BCUT2D eigenvalue weighted by Gasteiger charge is -2.16. The zero-order valence-corrected chi connectivity index (χ0v) is 11.9. The van der Waals surface area contributed by atoms with Crippen LogP contribution in [0.5, 0.6) is 0 Å². The molecule has 1 unspecified atom stereocenters. The van der Waals surface area contributed by atoms with E-state index in [2.05, 4.69) is 10.3 Å². The van der Waals surface area contributed by atoms with Crippen molar-refractivity contribution in [1.29, 1.82) is 0 Å². The molecule has 0 saturated carbocycles. The molecule has 1 heterocycles. The van der Waals surface area contributed by atoms with Crippen LogP contribution in [0.3, 0.4) is 0 Å². The van der Waals surface area contributed by atoms with Crippen molar-refractivity contribution in [2.24, 2.45) is 0 Å². The van der Waals surface area contributed by atoms with E-state index in [1.807, 2.05) is 18.4 Å². The molecule has 104 valence electrons. The first-order valence-corrected chi connectivity index (χ1v) is 6.89. The molecule has 6 heteroatoms. The van der Waals surface area contributed by atoms with Gasteiger partial charge in [-0.2, -0.15) is 0 Å². The first-order valence-electron chi connectivity index (χ1n) is 6.01. The molecular formula is C14H14N2O3S. The quantitative estimate of drug-likeness (QED) is 0.879. The fraction of sp³-hybridized carbons (Fsp3) is 0.214. The number of carbonyl (C=O) groups excluding carboxylic acids is 2. The molecule has 1 amide bonds. The predicted octanol–water partition coefficient (Wildman–Crippen LogP) is 2.69. The Morgan fingerprint density at radius 3 is 2.55 bits per heavy atom. The summed E-state index contributed by atoms with van der Waals surface area (Å²) in [6, 6.07) is 8.87. The minimum absolute atomic E-state index is 0.416. The number of ether oxygens (including phenoxy) is 1. The lowest BCUT2D eigenvalue weighted by atomic mass is 10.1. The van der Waals surface area contributed by atoms with Crippen molar-refractivity contribution in [2.45, 2.75) is 20.0 Å². The molecule has 5 nitrogen and oxygen atoms in total. The third-order valence-electron chi connectivity index (χ3n) is 2.47. The minimum Gasteiger partial charge on any atom is -0.447 e. The Labute approximate surface area is 120 Å². The largest absolute Gasteiger partial charge is 0.447 e. The van der Waals surface area contributed by atoms with Crippen LogP contribution in [0.2, 0.25) is 0 Å². The van der Waals surface area contributed by atoms with Crippen molar-refractivity contribution in [1.82, 2.24) is 4.98 Å². The molecule has 20 heavy (non-hydrogen) atoms. The van der Waals surface area contributed by atoms with Crippen LogP contribution < -0.4 is 5.32 Å². The summed E-state index contributed by atoms with van der Waals surface area (Å²) in [5.74, 6) is -0.926.